The molecule has 0 saturated carbocycles. The maximum atomic E-state index is 5.96. The Morgan fingerprint density at radius 3 is 2.71 bits per heavy atom. The number of hydrogen-bond acceptors (Lipinski definition) is 5. The van der Waals surface area contributed by atoms with Crippen LogP contribution in [0.4, 0.5) is 0 Å². The Kier molecular flexibility index (Phi) is 6.15. The summed E-state index contributed by atoms with van der Waals surface area (Å²) in [6, 6.07) is -0.168. The summed E-state index contributed by atoms with van der Waals surface area (Å²) < 4.78 is 5.19. The number of unbranched alkanes of at least 4 members (excludes halogenated alkanes) is 3. The molecule has 17 heavy (non-hydrogen) atoms. The van der Waals surface area contributed by atoms with Gasteiger partial charge in [0.05, 0.1) is 6.04 Å². The smallest absolute Gasteiger partial charge is 0.226 e. The fraction of sp³-hybridized carbons (Fsp3) is 0.833. The molecule has 1 aromatic heterocycles. The van der Waals surface area contributed by atoms with Crippen molar-refractivity contribution in [1.29, 1.82) is 0 Å². The number of nitrogens with two attached hydrogens (primary N) is 1. The molecule has 1 unspecified atom stereocenters. The Balaban J connectivity index is 2.36. The summed E-state index contributed by atoms with van der Waals surface area (Å²) in [6.07, 6.45) is 5.70. The topological polar surface area (TPSA) is 68.2 Å². The van der Waals surface area contributed by atoms with Gasteiger partial charge in [0, 0.05) is 13.0 Å². The first-order valence-corrected chi connectivity index (χ1v) is 6.36. The maximum Gasteiger partial charge on any atom is 0.226 e. The number of nitrogens with zero attached hydrogens (tertiary/aromatic N) is 3. The van der Waals surface area contributed by atoms with E-state index in [0.717, 1.165) is 19.4 Å². The second-order valence-electron chi connectivity index (χ2n) is 4.73. The average molecular weight is 240 g/mol. The number of aromatic nitrogens is 2. The zero-order valence-corrected chi connectivity index (χ0v) is 11.1. The van der Waals surface area contributed by atoms with Crippen molar-refractivity contribution in [3.8, 4) is 0 Å². The van der Waals surface area contributed by atoms with Crippen LogP contribution in [0.2, 0.25) is 0 Å². The third-order valence-corrected chi connectivity index (χ3v) is 2.62. The van der Waals surface area contributed by atoms with Crippen molar-refractivity contribution in [2.45, 2.75) is 45.1 Å². The molecular weight excluding hydrogens is 216 g/mol. The predicted molar refractivity (Wildman–Crippen MR) is 67.6 cm³/mol. The zero-order valence-electron chi connectivity index (χ0n) is 11.1. The highest BCUT2D eigenvalue weighted by atomic mass is 16.5. The molecule has 5 nitrogen and oxygen atoms in total. The SMILES string of the molecule is CCCCCCc1nc(C(N)CN(C)C)no1. The van der Waals surface area contributed by atoms with Crippen LogP contribution in [-0.4, -0.2) is 35.7 Å². The zero-order chi connectivity index (χ0) is 12.7. The molecule has 0 amide bonds. The molecular formula is C12H24N4O. The van der Waals surface area contributed by atoms with Crippen LogP contribution >= 0.6 is 0 Å². The average Bonchev–Trinajstić information content (AvgIpc) is 2.72. The summed E-state index contributed by atoms with van der Waals surface area (Å²) in [5.41, 5.74) is 5.96. The maximum absolute atomic E-state index is 5.96. The predicted octanol–water partition coefficient (Wildman–Crippen LogP) is 1.75. The van der Waals surface area contributed by atoms with Gasteiger partial charge in [-0.05, 0) is 20.5 Å². The summed E-state index contributed by atoms with van der Waals surface area (Å²) in [7, 11) is 3.96. The minimum Gasteiger partial charge on any atom is -0.339 e. The van der Waals surface area contributed by atoms with Crippen LogP contribution < -0.4 is 5.73 Å². The third-order valence-electron chi connectivity index (χ3n) is 2.62. The van der Waals surface area contributed by atoms with Crippen LogP contribution in [0.15, 0.2) is 4.52 Å². The van der Waals surface area contributed by atoms with E-state index in [2.05, 4.69) is 17.1 Å². The van der Waals surface area contributed by atoms with Crippen LogP contribution in [0.1, 0.15) is 50.4 Å². The van der Waals surface area contributed by atoms with E-state index in [0.29, 0.717) is 11.7 Å². The molecule has 0 aromatic carbocycles. The fourth-order valence-corrected chi connectivity index (χ4v) is 1.70. The first kappa shape index (κ1) is 14.1. The second kappa shape index (κ2) is 7.40. The van der Waals surface area contributed by atoms with Gasteiger partial charge in [0.2, 0.25) is 5.89 Å². The number of rotatable bonds is 8. The van der Waals surface area contributed by atoms with E-state index in [9.17, 15) is 0 Å². The molecule has 1 aromatic rings. The number of likely N-dealkylation sites (N-methyl/N-ethyl adjacent to an activating group) is 1. The standard InChI is InChI=1S/C12H24N4O/c1-4-5-6-7-8-11-14-12(15-17-11)10(13)9-16(2)3/h10H,4-9,13H2,1-3H3. The molecule has 0 bridgehead atoms. The Bertz CT molecular complexity index is 311. The molecule has 0 saturated heterocycles. The molecule has 0 aliphatic rings. The van der Waals surface area contributed by atoms with Gasteiger partial charge in [0.15, 0.2) is 5.82 Å². The fourth-order valence-electron chi connectivity index (χ4n) is 1.70. The van der Waals surface area contributed by atoms with Crippen molar-refractivity contribution in [3.05, 3.63) is 11.7 Å². The molecule has 0 fully saturated rings. The minimum atomic E-state index is -0.168. The van der Waals surface area contributed by atoms with E-state index in [4.69, 9.17) is 10.3 Å². The Morgan fingerprint density at radius 1 is 1.29 bits per heavy atom. The van der Waals surface area contributed by atoms with E-state index in [1.165, 1.54) is 19.3 Å². The van der Waals surface area contributed by atoms with Crippen LogP contribution in [0.5, 0.6) is 0 Å². The lowest BCUT2D eigenvalue weighted by atomic mass is 10.1. The lowest BCUT2D eigenvalue weighted by molar-refractivity contribution is 0.345. The molecule has 1 rings (SSSR count). The van der Waals surface area contributed by atoms with Crippen molar-refractivity contribution in [3.63, 3.8) is 0 Å². The van der Waals surface area contributed by atoms with Crippen molar-refractivity contribution < 1.29 is 4.52 Å². The molecule has 2 N–H and O–H groups in total. The van der Waals surface area contributed by atoms with E-state index < -0.39 is 0 Å². The van der Waals surface area contributed by atoms with Gasteiger partial charge in [0.1, 0.15) is 0 Å². The molecule has 0 aliphatic heterocycles. The summed E-state index contributed by atoms with van der Waals surface area (Å²) in [5.74, 6) is 1.33. The quantitative estimate of drug-likeness (QED) is 0.701. The summed E-state index contributed by atoms with van der Waals surface area (Å²) in [5, 5.41) is 3.93. The van der Waals surface area contributed by atoms with E-state index >= 15 is 0 Å². The van der Waals surface area contributed by atoms with Gasteiger partial charge < -0.3 is 15.2 Å². The van der Waals surface area contributed by atoms with Gasteiger partial charge in [0.25, 0.3) is 0 Å². The lowest BCUT2D eigenvalue weighted by Crippen LogP contribution is -2.26. The Hall–Kier alpha value is -0.940. The molecule has 0 aliphatic carbocycles. The van der Waals surface area contributed by atoms with E-state index in [1.54, 1.807) is 0 Å². The van der Waals surface area contributed by atoms with Crippen molar-refractivity contribution in [1.82, 2.24) is 15.0 Å². The molecule has 98 valence electrons. The normalized spacial score (nSPS) is 13.2. The van der Waals surface area contributed by atoms with Crippen LogP contribution in [0.25, 0.3) is 0 Å². The largest absolute Gasteiger partial charge is 0.339 e. The summed E-state index contributed by atoms with van der Waals surface area (Å²) in [6.45, 7) is 2.93. The molecule has 0 radical (unpaired) electrons. The van der Waals surface area contributed by atoms with Crippen molar-refractivity contribution in [2.24, 2.45) is 5.73 Å². The highest BCUT2D eigenvalue weighted by Gasteiger charge is 2.14. The monoisotopic (exact) mass is 240 g/mol. The summed E-state index contributed by atoms with van der Waals surface area (Å²) in [4.78, 5) is 6.35. The Morgan fingerprint density at radius 2 is 2.06 bits per heavy atom. The first-order chi connectivity index (χ1) is 8.13. The van der Waals surface area contributed by atoms with Crippen molar-refractivity contribution >= 4 is 0 Å². The second-order valence-corrected chi connectivity index (χ2v) is 4.73. The molecule has 5 heteroatoms. The van der Waals surface area contributed by atoms with Crippen LogP contribution in [0.3, 0.4) is 0 Å². The molecule has 1 atom stereocenters. The van der Waals surface area contributed by atoms with E-state index in [1.807, 2.05) is 19.0 Å². The lowest BCUT2D eigenvalue weighted by Gasteiger charge is -2.12. The van der Waals surface area contributed by atoms with Crippen LogP contribution in [0, 0.1) is 0 Å². The van der Waals surface area contributed by atoms with Gasteiger partial charge >= 0.3 is 0 Å². The van der Waals surface area contributed by atoms with Crippen LogP contribution in [-0.2, 0) is 6.42 Å². The van der Waals surface area contributed by atoms with Crippen molar-refractivity contribution in [2.75, 3.05) is 20.6 Å². The highest BCUT2D eigenvalue weighted by molar-refractivity contribution is 4.93. The highest BCUT2D eigenvalue weighted by Crippen LogP contribution is 2.10. The van der Waals surface area contributed by atoms with Gasteiger partial charge in [-0.25, -0.2) is 0 Å². The van der Waals surface area contributed by atoms with Gasteiger partial charge in [-0.15, -0.1) is 0 Å². The van der Waals surface area contributed by atoms with Gasteiger partial charge in [-0.2, -0.15) is 4.98 Å². The van der Waals surface area contributed by atoms with E-state index in [-0.39, 0.29) is 6.04 Å². The number of hydrogen-bond donors (Lipinski definition) is 1. The number of aryl methyl sites for hydroxylation is 1. The third kappa shape index (κ3) is 5.28. The Labute approximate surface area is 103 Å². The molecule has 0 spiro atoms. The molecule has 1 heterocycles. The van der Waals surface area contributed by atoms with Gasteiger partial charge in [-0.1, -0.05) is 31.3 Å². The first-order valence-electron chi connectivity index (χ1n) is 6.36. The summed E-state index contributed by atoms with van der Waals surface area (Å²) >= 11 is 0. The minimum absolute atomic E-state index is 0.168. The van der Waals surface area contributed by atoms with Gasteiger partial charge in [-0.3, -0.25) is 0 Å².